The summed E-state index contributed by atoms with van der Waals surface area (Å²) in [4.78, 5) is 27.3. The van der Waals surface area contributed by atoms with Crippen LogP contribution >= 0.6 is 11.6 Å². The van der Waals surface area contributed by atoms with Gasteiger partial charge in [0.2, 0.25) is 0 Å². The van der Waals surface area contributed by atoms with Gasteiger partial charge in [-0.25, -0.2) is 19.3 Å². The quantitative estimate of drug-likeness (QED) is 0.678. The molecule has 4 heterocycles. The van der Waals surface area contributed by atoms with Crippen LogP contribution in [-0.2, 0) is 4.74 Å². The van der Waals surface area contributed by atoms with Gasteiger partial charge in [-0.2, -0.15) is 5.10 Å². The lowest BCUT2D eigenvalue weighted by molar-refractivity contribution is 0.0206. The zero-order valence-corrected chi connectivity index (χ0v) is 17.9. The van der Waals surface area contributed by atoms with Crippen molar-refractivity contribution in [1.29, 1.82) is 0 Å². The molecule has 4 rings (SSSR count). The molecule has 0 saturated carbocycles. The monoisotopic (exact) mass is 429 g/mol. The van der Waals surface area contributed by atoms with Crippen molar-refractivity contribution in [3.8, 4) is 11.4 Å². The average Bonchev–Trinajstić information content (AvgIpc) is 3.13. The largest absolute Gasteiger partial charge is 0.444 e. The second-order valence-electron chi connectivity index (χ2n) is 8.26. The van der Waals surface area contributed by atoms with Gasteiger partial charge in [-0.15, -0.1) is 0 Å². The van der Waals surface area contributed by atoms with E-state index in [2.05, 4.69) is 25.4 Å². The topological polar surface area (TPSA) is 97.5 Å². The number of amides is 1. The molecule has 1 fully saturated rings. The molecular formula is C20H24ClN7O2. The van der Waals surface area contributed by atoms with Crippen LogP contribution in [0.3, 0.4) is 0 Å². The molecular weight excluding hydrogens is 406 g/mol. The molecule has 158 valence electrons. The van der Waals surface area contributed by atoms with Crippen LogP contribution in [0.4, 0.5) is 10.6 Å². The normalized spacial score (nSPS) is 17.2. The molecule has 0 aromatic carbocycles. The van der Waals surface area contributed by atoms with E-state index in [1.807, 2.05) is 20.8 Å². The second kappa shape index (κ2) is 8.06. The van der Waals surface area contributed by atoms with E-state index < -0.39 is 5.60 Å². The minimum Gasteiger partial charge on any atom is -0.444 e. The number of hydrogen-bond donors (Lipinski definition) is 1. The number of carbonyl (C=O) groups is 1. The number of likely N-dealkylation sites (tertiary alicyclic amines) is 1. The molecule has 1 aliphatic heterocycles. The Balaban J connectivity index is 1.52. The number of halogens is 1. The molecule has 10 heteroatoms. The Hall–Kier alpha value is -2.94. The van der Waals surface area contributed by atoms with Gasteiger partial charge >= 0.3 is 6.09 Å². The van der Waals surface area contributed by atoms with Crippen molar-refractivity contribution in [3.05, 3.63) is 36.0 Å². The molecule has 30 heavy (non-hydrogen) atoms. The first-order chi connectivity index (χ1) is 14.3. The van der Waals surface area contributed by atoms with E-state index in [0.29, 0.717) is 29.8 Å². The predicted molar refractivity (Wildman–Crippen MR) is 113 cm³/mol. The number of ether oxygens (including phenoxy) is 1. The van der Waals surface area contributed by atoms with Gasteiger partial charge in [0.1, 0.15) is 16.4 Å². The fourth-order valence-electron chi connectivity index (χ4n) is 3.39. The maximum absolute atomic E-state index is 12.4. The smallest absolute Gasteiger partial charge is 0.410 e. The summed E-state index contributed by atoms with van der Waals surface area (Å²) in [6, 6.07) is 0.0112. The van der Waals surface area contributed by atoms with E-state index in [0.717, 1.165) is 23.9 Å². The minimum atomic E-state index is -0.522. The lowest BCUT2D eigenvalue weighted by atomic mass is 10.1. The van der Waals surface area contributed by atoms with Crippen molar-refractivity contribution in [2.45, 2.75) is 45.3 Å². The van der Waals surface area contributed by atoms with Gasteiger partial charge in [-0.1, -0.05) is 11.6 Å². The molecule has 1 saturated heterocycles. The first-order valence-electron chi connectivity index (χ1n) is 9.85. The maximum Gasteiger partial charge on any atom is 0.410 e. The number of rotatable bonds is 3. The summed E-state index contributed by atoms with van der Waals surface area (Å²) in [5.41, 5.74) is 1.05. The van der Waals surface area contributed by atoms with Crippen molar-refractivity contribution < 1.29 is 9.53 Å². The van der Waals surface area contributed by atoms with E-state index in [4.69, 9.17) is 16.3 Å². The Morgan fingerprint density at radius 1 is 1.30 bits per heavy atom. The van der Waals surface area contributed by atoms with Crippen molar-refractivity contribution in [2.75, 3.05) is 18.4 Å². The molecule has 0 radical (unpaired) electrons. The zero-order chi connectivity index (χ0) is 21.3. The lowest BCUT2D eigenvalue weighted by Gasteiger charge is -2.34. The molecule has 1 N–H and O–H groups in total. The Bertz CT molecular complexity index is 1060. The van der Waals surface area contributed by atoms with Crippen LogP contribution in [0.1, 0.15) is 33.6 Å². The zero-order valence-electron chi connectivity index (χ0n) is 17.2. The number of nitrogens with zero attached hydrogens (tertiary/aromatic N) is 6. The number of hydrogen-bond acceptors (Lipinski definition) is 7. The van der Waals surface area contributed by atoms with Crippen molar-refractivity contribution in [1.82, 2.24) is 29.5 Å². The highest BCUT2D eigenvalue weighted by Gasteiger charge is 2.28. The number of fused-ring (bicyclic) bond motifs is 1. The molecule has 1 atom stereocenters. The van der Waals surface area contributed by atoms with Crippen molar-refractivity contribution >= 4 is 29.0 Å². The fourth-order valence-corrected chi connectivity index (χ4v) is 3.53. The summed E-state index contributed by atoms with van der Waals surface area (Å²) in [5, 5.41) is 8.10. The molecule has 0 aliphatic carbocycles. The predicted octanol–water partition coefficient (Wildman–Crippen LogP) is 3.65. The van der Waals surface area contributed by atoms with E-state index in [1.54, 1.807) is 40.4 Å². The van der Waals surface area contributed by atoms with Crippen LogP contribution in [-0.4, -0.2) is 60.3 Å². The van der Waals surface area contributed by atoms with E-state index in [9.17, 15) is 4.79 Å². The Labute approximate surface area is 179 Å². The summed E-state index contributed by atoms with van der Waals surface area (Å²) >= 11 is 6.36. The third-order valence-corrected chi connectivity index (χ3v) is 5.00. The van der Waals surface area contributed by atoms with E-state index >= 15 is 0 Å². The Morgan fingerprint density at radius 3 is 2.93 bits per heavy atom. The van der Waals surface area contributed by atoms with Gasteiger partial charge in [0.05, 0.1) is 29.7 Å². The number of carbonyl (C=O) groups excluding carboxylic acids is 1. The third-order valence-electron chi connectivity index (χ3n) is 4.72. The molecule has 0 bridgehead atoms. The first kappa shape index (κ1) is 20.3. The molecule has 0 unspecified atom stereocenters. The van der Waals surface area contributed by atoms with Crippen LogP contribution in [0.2, 0.25) is 5.02 Å². The Kier molecular flexibility index (Phi) is 5.46. The highest BCUT2D eigenvalue weighted by atomic mass is 35.5. The average molecular weight is 430 g/mol. The van der Waals surface area contributed by atoms with Gasteiger partial charge < -0.3 is 15.0 Å². The van der Waals surface area contributed by atoms with Gasteiger partial charge in [0.15, 0.2) is 5.82 Å². The number of piperidine rings is 1. The van der Waals surface area contributed by atoms with Gasteiger partial charge in [-0.3, -0.25) is 4.98 Å². The van der Waals surface area contributed by atoms with E-state index in [1.165, 1.54) is 0 Å². The summed E-state index contributed by atoms with van der Waals surface area (Å²) in [6.07, 6.45) is 9.88. The van der Waals surface area contributed by atoms with Gasteiger partial charge in [0.25, 0.3) is 0 Å². The van der Waals surface area contributed by atoms with E-state index in [-0.39, 0.29) is 12.1 Å². The van der Waals surface area contributed by atoms with Crippen molar-refractivity contribution in [2.24, 2.45) is 0 Å². The first-order valence-corrected chi connectivity index (χ1v) is 10.2. The standard InChI is InChI=1S/C20H24ClN7O2/c1-20(2,3)30-19(29)27-7-4-5-13(12-27)25-18-15(21)10-23-17(26-18)14-9-24-28-8-6-22-11-16(14)28/h6,8-11,13H,4-5,7,12H2,1-3H3,(H,23,25,26)/t13-/m1/s1. The van der Waals surface area contributed by atoms with Crippen LogP contribution in [0, 0.1) is 0 Å². The SMILES string of the molecule is CC(C)(C)OC(=O)N1CCC[C@@H](Nc2nc(-c3cnn4ccncc34)ncc2Cl)C1. The Morgan fingerprint density at radius 2 is 2.13 bits per heavy atom. The minimum absolute atomic E-state index is 0.0112. The molecule has 0 spiro atoms. The van der Waals surface area contributed by atoms with Crippen LogP contribution in [0.5, 0.6) is 0 Å². The van der Waals surface area contributed by atoms with Crippen molar-refractivity contribution in [3.63, 3.8) is 0 Å². The highest BCUT2D eigenvalue weighted by Crippen LogP contribution is 2.27. The molecule has 1 aliphatic rings. The molecule has 3 aromatic heterocycles. The number of anilines is 1. The number of nitrogens with one attached hydrogen (secondary N) is 1. The van der Waals surface area contributed by atoms with Crippen LogP contribution < -0.4 is 5.32 Å². The second-order valence-corrected chi connectivity index (χ2v) is 8.67. The van der Waals surface area contributed by atoms with Crippen LogP contribution in [0.25, 0.3) is 16.9 Å². The summed E-state index contributed by atoms with van der Waals surface area (Å²) < 4.78 is 7.22. The summed E-state index contributed by atoms with van der Waals surface area (Å²) in [6.45, 7) is 6.78. The molecule has 1 amide bonds. The maximum atomic E-state index is 12.4. The highest BCUT2D eigenvalue weighted by molar-refractivity contribution is 6.32. The third kappa shape index (κ3) is 4.46. The van der Waals surface area contributed by atoms with Gasteiger partial charge in [0, 0.05) is 31.5 Å². The number of aromatic nitrogens is 5. The lowest BCUT2D eigenvalue weighted by Crippen LogP contribution is -2.47. The fraction of sp³-hybridized carbons (Fsp3) is 0.450. The summed E-state index contributed by atoms with van der Waals surface area (Å²) in [5.74, 6) is 1.03. The summed E-state index contributed by atoms with van der Waals surface area (Å²) in [7, 11) is 0. The van der Waals surface area contributed by atoms with Gasteiger partial charge in [-0.05, 0) is 33.6 Å². The van der Waals surface area contributed by atoms with Crippen LogP contribution in [0.15, 0.2) is 31.0 Å². The molecule has 9 nitrogen and oxygen atoms in total. The molecule has 3 aromatic rings.